The number of carboxylic acid groups (broad SMARTS) is 4. The Kier molecular flexibility index (Phi) is 6.39. The van der Waals surface area contributed by atoms with Gasteiger partial charge in [0, 0.05) is 23.3 Å². The maximum absolute atomic E-state index is 12.8. The third-order valence-electron chi connectivity index (χ3n) is 3.11. The molecule has 0 aliphatic heterocycles. The first-order valence-electron chi connectivity index (χ1n) is 7.51. The molecule has 2 aromatic rings. The van der Waals surface area contributed by atoms with Gasteiger partial charge in [0.1, 0.15) is 23.0 Å². The molecule has 0 heterocycles. The number of hydrogen-bond donors (Lipinski definition) is 4. The fourth-order valence-corrected chi connectivity index (χ4v) is 2.21. The minimum atomic E-state index is -1.75. The van der Waals surface area contributed by atoms with Crippen molar-refractivity contribution in [3.63, 3.8) is 0 Å². The van der Waals surface area contributed by atoms with Gasteiger partial charge in [0.2, 0.25) is 0 Å². The van der Waals surface area contributed by atoms with Crippen LogP contribution in [-0.4, -0.2) is 50.8 Å². The summed E-state index contributed by atoms with van der Waals surface area (Å²) in [7, 11) is 0. The van der Waals surface area contributed by atoms with Crippen LogP contribution in [0.1, 0.15) is 15.9 Å². The molecule has 13 heteroatoms. The first-order valence-corrected chi connectivity index (χ1v) is 7.51. The first-order chi connectivity index (χ1) is 14.0. The maximum atomic E-state index is 12.8. The van der Waals surface area contributed by atoms with Gasteiger partial charge in [0.15, 0.2) is 5.78 Å². The number of carbonyl (C=O) groups excluding carboxylic acids is 1. The van der Waals surface area contributed by atoms with Crippen molar-refractivity contribution in [3.8, 4) is 23.0 Å². The lowest BCUT2D eigenvalue weighted by molar-refractivity contribution is 0.103. The van der Waals surface area contributed by atoms with Crippen LogP contribution >= 0.6 is 0 Å². The predicted molar refractivity (Wildman–Crippen MR) is 90.9 cm³/mol. The summed E-state index contributed by atoms with van der Waals surface area (Å²) in [5.74, 6) is -2.74. The molecule has 0 bridgehead atoms. The van der Waals surface area contributed by atoms with Crippen molar-refractivity contribution < 1.29 is 63.3 Å². The second kappa shape index (κ2) is 8.92. The van der Waals surface area contributed by atoms with E-state index in [9.17, 15) is 24.0 Å². The van der Waals surface area contributed by atoms with Gasteiger partial charge < -0.3 is 39.4 Å². The van der Waals surface area contributed by atoms with Crippen LogP contribution in [0.25, 0.3) is 0 Å². The van der Waals surface area contributed by atoms with E-state index in [0.29, 0.717) is 0 Å². The van der Waals surface area contributed by atoms with E-state index in [2.05, 4.69) is 18.9 Å². The summed E-state index contributed by atoms with van der Waals surface area (Å²) in [5, 5.41) is 34.9. The highest BCUT2D eigenvalue weighted by Gasteiger charge is 2.18. The van der Waals surface area contributed by atoms with Gasteiger partial charge in [0.25, 0.3) is 0 Å². The molecule has 156 valence electrons. The van der Waals surface area contributed by atoms with E-state index in [4.69, 9.17) is 20.4 Å². The second-order valence-electron chi connectivity index (χ2n) is 5.19. The van der Waals surface area contributed by atoms with Gasteiger partial charge >= 0.3 is 24.6 Å². The number of carbonyl (C=O) groups is 5. The highest BCUT2D eigenvalue weighted by Crippen LogP contribution is 2.29. The lowest BCUT2D eigenvalue weighted by Crippen LogP contribution is -2.10. The van der Waals surface area contributed by atoms with Crippen molar-refractivity contribution in [2.24, 2.45) is 0 Å². The maximum Gasteiger partial charge on any atom is 0.511 e. The Hall–Kier alpha value is -4.81. The molecule has 2 rings (SSSR count). The van der Waals surface area contributed by atoms with Crippen LogP contribution in [0.3, 0.4) is 0 Å². The standard InChI is InChI=1S/C17H10O13/c18-13(7-1-9(27-14(19)20)5-10(2-7)28-15(21)22)8-3-11(29-16(23)24)6-12(4-8)30-17(25)26/h1-6H,(H,19,20)(H,21,22)(H,23,24)(H,25,26). The van der Waals surface area contributed by atoms with Crippen LogP contribution in [0.15, 0.2) is 36.4 Å². The first kappa shape index (κ1) is 21.5. The molecule has 2 aromatic carbocycles. The van der Waals surface area contributed by atoms with E-state index >= 15 is 0 Å². The molecule has 0 saturated heterocycles. The summed E-state index contributed by atoms with van der Waals surface area (Å²) < 4.78 is 17.6. The van der Waals surface area contributed by atoms with Crippen molar-refractivity contribution in [2.75, 3.05) is 0 Å². The van der Waals surface area contributed by atoms with Crippen LogP contribution < -0.4 is 18.9 Å². The number of hydrogen-bond acceptors (Lipinski definition) is 9. The summed E-state index contributed by atoms with van der Waals surface area (Å²) in [4.78, 5) is 55.7. The molecule has 0 fully saturated rings. The highest BCUT2D eigenvalue weighted by molar-refractivity contribution is 6.10. The molecule has 0 radical (unpaired) electrons. The average molecular weight is 422 g/mol. The lowest BCUT2D eigenvalue weighted by atomic mass is 10.0. The fourth-order valence-electron chi connectivity index (χ4n) is 2.21. The van der Waals surface area contributed by atoms with Crippen molar-refractivity contribution in [1.29, 1.82) is 0 Å². The van der Waals surface area contributed by atoms with E-state index in [1.807, 2.05) is 0 Å². The molecule has 30 heavy (non-hydrogen) atoms. The number of ether oxygens (including phenoxy) is 4. The van der Waals surface area contributed by atoms with Gasteiger partial charge in [-0.05, 0) is 24.3 Å². The van der Waals surface area contributed by atoms with Gasteiger partial charge in [0.05, 0.1) is 0 Å². The molecular weight excluding hydrogens is 412 g/mol. The zero-order valence-corrected chi connectivity index (χ0v) is 14.4. The van der Waals surface area contributed by atoms with Crippen molar-refractivity contribution in [2.45, 2.75) is 0 Å². The molecule has 0 atom stereocenters. The molecular formula is C17H10O13. The van der Waals surface area contributed by atoms with Crippen molar-refractivity contribution in [3.05, 3.63) is 47.5 Å². The Balaban J connectivity index is 2.53. The smallest absolute Gasteiger partial charge is 0.449 e. The Morgan fingerprint density at radius 1 is 0.467 bits per heavy atom. The molecule has 0 amide bonds. The Morgan fingerprint density at radius 2 is 0.700 bits per heavy atom. The molecule has 0 aliphatic rings. The van der Waals surface area contributed by atoms with Crippen LogP contribution in [0, 0.1) is 0 Å². The van der Waals surface area contributed by atoms with Crippen LogP contribution in [0.2, 0.25) is 0 Å². The highest BCUT2D eigenvalue weighted by atomic mass is 16.7. The Morgan fingerprint density at radius 3 is 0.900 bits per heavy atom. The molecule has 0 aliphatic carbocycles. The largest absolute Gasteiger partial charge is 0.511 e. The zero-order chi connectivity index (χ0) is 22.4. The van der Waals surface area contributed by atoms with Gasteiger partial charge in [-0.2, -0.15) is 0 Å². The van der Waals surface area contributed by atoms with E-state index < -0.39 is 53.4 Å². The summed E-state index contributed by atoms with van der Waals surface area (Å²) in [6.07, 6.45) is -7.02. The summed E-state index contributed by atoms with van der Waals surface area (Å²) in [6, 6.07) is 5.53. The van der Waals surface area contributed by atoms with E-state index in [1.54, 1.807) is 0 Å². The SMILES string of the molecule is O=C(O)Oc1cc(OC(=O)O)cc(C(=O)c2cc(OC(=O)O)cc(OC(=O)O)c2)c1. The van der Waals surface area contributed by atoms with Gasteiger partial charge in [-0.1, -0.05) is 0 Å². The van der Waals surface area contributed by atoms with Gasteiger partial charge in [-0.3, -0.25) is 4.79 Å². The number of ketones is 1. The van der Waals surface area contributed by atoms with Crippen molar-refractivity contribution >= 4 is 30.4 Å². The zero-order valence-electron chi connectivity index (χ0n) is 14.4. The van der Waals surface area contributed by atoms with Gasteiger partial charge in [-0.25, -0.2) is 19.2 Å². The van der Waals surface area contributed by atoms with Crippen LogP contribution in [0.4, 0.5) is 19.2 Å². The second-order valence-corrected chi connectivity index (χ2v) is 5.19. The summed E-state index contributed by atoms with van der Waals surface area (Å²) >= 11 is 0. The number of benzene rings is 2. The lowest BCUT2D eigenvalue weighted by Gasteiger charge is -2.10. The third-order valence-corrected chi connectivity index (χ3v) is 3.11. The molecule has 0 spiro atoms. The van der Waals surface area contributed by atoms with Crippen LogP contribution in [-0.2, 0) is 0 Å². The Bertz CT molecular complexity index is 890. The molecule has 0 aromatic heterocycles. The topological polar surface area (TPSA) is 203 Å². The fraction of sp³-hybridized carbons (Fsp3) is 0. The summed E-state index contributed by atoms with van der Waals surface area (Å²) in [5.41, 5.74) is -0.669. The Labute approximate surface area is 165 Å². The van der Waals surface area contributed by atoms with Crippen molar-refractivity contribution in [1.82, 2.24) is 0 Å². The molecule has 4 N–H and O–H groups in total. The molecule has 0 saturated carbocycles. The van der Waals surface area contributed by atoms with E-state index in [-0.39, 0.29) is 11.1 Å². The van der Waals surface area contributed by atoms with Gasteiger partial charge in [-0.15, -0.1) is 0 Å². The molecule has 0 unspecified atom stereocenters. The summed E-state index contributed by atoms with van der Waals surface area (Å²) in [6.45, 7) is 0. The average Bonchev–Trinajstić information content (AvgIpc) is 2.58. The minimum absolute atomic E-state index is 0.334. The van der Waals surface area contributed by atoms with E-state index in [1.165, 1.54) is 0 Å². The quantitative estimate of drug-likeness (QED) is 0.300. The number of rotatable bonds is 6. The predicted octanol–water partition coefficient (Wildman–Crippen LogP) is 3.14. The monoisotopic (exact) mass is 422 g/mol. The molecule has 13 nitrogen and oxygen atoms in total. The normalized spacial score (nSPS) is 9.87. The minimum Gasteiger partial charge on any atom is -0.449 e. The third kappa shape index (κ3) is 6.12. The van der Waals surface area contributed by atoms with E-state index in [0.717, 1.165) is 36.4 Å². The van der Waals surface area contributed by atoms with Crippen LogP contribution in [0.5, 0.6) is 23.0 Å².